The van der Waals surface area contributed by atoms with Gasteiger partial charge in [0.1, 0.15) is 5.82 Å². The number of aromatic nitrogens is 1. The van der Waals surface area contributed by atoms with Crippen LogP contribution in [-0.2, 0) is 5.41 Å². The summed E-state index contributed by atoms with van der Waals surface area (Å²) in [6.45, 7) is 8.81. The van der Waals surface area contributed by atoms with Gasteiger partial charge in [0.15, 0.2) is 0 Å². The molecule has 114 valence electrons. The molecule has 2 heteroatoms. The topological polar surface area (TPSA) is 15.8 Å². The third kappa shape index (κ3) is 2.33. The number of hydrogen-bond donors (Lipinski definition) is 1. The molecule has 0 amide bonds. The van der Waals surface area contributed by atoms with Gasteiger partial charge in [-0.2, -0.15) is 0 Å². The molecular weight excluding hydrogens is 273 g/mol. The zero-order valence-corrected chi connectivity index (χ0v) is 13.6. The summed E-state index contributed by atoms with van der Waals surface area (Å²) in [5, 5.41) is 1.05. The predicted molar refractivity (Wildman–Crippen MR) is 90.7 cm³/mol. The van der Waals surface area contributed by atoms with E-state index in [4.69, 9.17) is 0 Å². The number of H-pyrrole nitrogens is 1. The first-order valence-corrected chi connectivity index (χ1v) is 7.77. The Morgan fingerprint density at radius 3 is 2.32 bits per heavy atom. The molecule has 0 aliphatic heterocycles. The van der Waals surface area contributed by atoms with Gasteiger partial charge in [0.25, 0.3) is 0 Å². The van der Waals surface area contributed by atoms with Gasteiger partial charge in [-0.15, -0.1) is 0 Å². The van der Waals surface area contributed by atoms with E-state index in [1.807, 2.05) is 6.07 Å². The van der Waals surface area contributed by atoms with Gasteiger partial charge in [0.2, 0.25) is 0 Å². The van der Waals surface area contributed by atoms with Crippen LogP contribution in [0.4, 0.5) is 4.39 Å². The van der Waals surface area contributed by atoms with Crippen molar-refractivity contribution in [1.29, 1.82) is 0 Å². The van der Waals surface area contributed by atoms with Crippen LogP contribution in [0.25, 0.3) is 10.9 Å². The van der Waals surface area contributed by atoms with Crippen molar-refractivity contribution in [2.24, 2.45) is 5.92 Å². The lowest BCUT2D eigenvalue weighted by atomic mass is 9.71. The van der Waals surface area contributed by atoms with Crippen LogP contribution in [0.3, 0.4) is 0 Å². The fourth-order valence-electron chi connectivity index (χ4n) is 3.08. The standard InChI is InChI=1S/C20H22FN/c1-13(2)20(4,16-8-5-14(3)6-9-16)19-11-15-7-10-17(21)12-18(15)22-19/h5-13,22H,1-4H3. The Hall–Kier alpha value is -2.09. The maximum absolute atomic E-state index is 13.4. The van der Waals surface area contributed by atoms with Gasteiger partial charge in [-0.05, 0) is 55.0 Å². The molecule has 2 aromatic carbocycles. The van der Waals surface area contributed by atoms with Crippen LogP contribution >= 0.6 is 0 Å². The van der Waals surface area contributed by atoms with E-state index in [2.05, 4.69) is 63.0 Å². The molecule has 3 aromatic rings. The van der Waals surface area contributed by atoms with Gasteiger partial charge in [-0.3, -0.25) is 0 Å². The molecule has 0 radical (unpaired) electrons. The van der Waals surface area contributed by atoms with Crippen molar-refractivity contribution >= 4 is 10.9 Å². The first-order valence-electron chi connectivity index (χ1n) is 7.77. The monoisotopic (exact) mass is 295 g/mol. The lowest BCUT2D eigenvalue weighted by Crippen LogP contribution is -2.30. The van der Waals surface area contributed by atoms with Crippen LogP contribution in [0.1, 0.15) is 37.6 Å². The fourth-order valence-corrected chi connectivity index (χ4v) is 3.08. The van der Waals surface area contributed by atoms with Gasteiger partial charge >= 0.3 is 0 Å². The number of fused-ring (bicyclic) bond motifs is 1. The second-order valence-corrected chi connectivity index (χ2v) is 6.64. The number of nitrogens with one attached hydrogen (secondary N) is 1. The highest BCUT2D eigenvalue weighted by Gasteiger charge is 2.34. The molecular formula is C20H22FN. The predicted octanol–water partition coefficient (Wildman–Crippen LogP) is 5.58. The number of benzene rings is 2. The van der Waals surface area contributed by atoms with Crippen molar-refractivity contribution in [3.63, 3.8) is 0 Å². The van der Waals surface area contributed by atoms with Crippen LogP contribution < -0.4 is 0 Å². The zero-order chi connectivity index (χ0) is 15.9. The summed E-state index contributed by atoms with van der Waals surface area (Å²) in [6.07, 6.45) is 0. The molecule has 0 aliphatic rings. The zero-order valence-electron chi connectivity index (χ0n) is 13.6. The van der Waals surface area contributed by atoms with E-state index in [1.165, 1.54) is 17.2 Å². The molecule has 0 bridgehead atoms. The van der Waals surface area contributed by atoms with Crippen molar-refractivity contribution in [3.8, 4) is 0 Å². The quantitative estimate of drug-likeness (QED) is 0.649. The van der Waals surface area contributed by atoms with Gasteiger partial charge in [0.05, 0.1) is 0 Å². The molecule has 1 heterocycles. The van der Waals surface area contributed by atoms with E-state index in [-0.39, 0.29) is 11.2 Å². The highest BCUT2D eigenvalue weighted by atomic mass is 19.1. The average molecular weight is 295 g/mol. The van der Waals surface area contributed by atoms with Gasteiger partial charge in [-0.25, -0.2) is 4.39 Å². The minimum atomic E-state index is -0.206. The number of hydrogen-bond acceptors (Lipinski definition) is 0. The van der Waals surface area contributed by atoms with Crippen molar-refractivity contribution < 1.29 is 4.39 Å². The average Bonchev–Trinajstić information content (AvgIpc) is 2.90. The molecule has 0 saturated carbocycles. The lowest BCUT2D eigenvalue weighted by molar-refractivity contribution is 0.397. The summed E-state index contributed by atoms with van der Waals surface area (Å²) >= 11 is 0. The highest BCUT2D eigenvalue weighted by molar-refractivity contribution is 5.81. The van der Waals surface area contributed by atoms with Gasteiger partial charge in [0, 0.05) is 16.6 Å². The molecule has 0 spiro atoms. The molecule has 1 N–H and O–H groups in total. The minimum Gasteiger partial charge on any atom is -0.358 e. The first kappa shape index (κ1) is 14.8. The SMILES string of the molecule is Cc1ccc(C(C)(c2cc3ccc(F)cc3[nH]2)C(C)C)cc1. The molecule has 1 unspecified atom stereocenters. The molecule has 0 aliphatic carbocycles. The minimum absolute atomic E-state index is 0.136. The summed E-state index contributed by atoms with van der Waals surface area (Å²) in [5.74, 6) is 0.204. The van der Waals surface area contributed by atoms with E-state index in [9.17, 15) is 4.39 Å². The van der Waals surface area contributed by atoms with Crippen LogP contribution in [-0.4, -0.2) is 4.98 Å². The summed E-state index contributed by atoms with van der Waals surface area (Å²) in [7, 11) is 0. The number of aromatic amines is 1. The Kier molecular flexibility index (Phi) is 3.56. The van der Waals surface area contributed by atoms with Gasteiger partial charge in [-0.1, -0.05) is 43.7 Å². The second kappa shape index (κ2) is 5.28. The number of aryl methyl sites for hydroxylation is 1. The Morgan fingerprint density at radius 2 is 1.68 bits per heavy atom. The smallest absolute Gasteiger partial charge is 0.125 e. The first-order chi connectivity index (χ1) is 10.4. The third-order valence-corrected chi connectivity index (χ3v) is 4.95. The van der Waals surface area contributed by atoms with Crippen LogP contribution in [0.5, 0.6) is 0 Å². The molecule has 0 fully saturated rings. The van der Waals surface area contributed by atoms with E-state index in [0.29, 0.717) is 5.92 Å². The highest BCUT2D eigenvalue weighted by Crippen LogP contribution is 2.39. The maximum Gasteiger partial charge on any atom is 0.125 e. The largest absolute Gasteiger partial charge is 0.358 e. The van der Waals surface area contributed by atoms with Crippen molar-refractivity contribution in [3.05, 3.63) is 71.2 Å². The summed E-state index contributed by atoms with van der Waals surface area (Å²) < 4.78 is 13.4. The van der Waals surface area contributed by atoms with Gasteiger partial charge < -0.3 is 4.98 Å². The van der Waals surface area contributed by atoms with E-state index >= 15 is 0 Å². The van der Waals surface area contributed by atoms with Crippen LogP contribution in [0.15, 0.2) is 48.5 Å². The van der Waals surface area contributed by atoms with E-state index in [0.717, 1.165) is 16.6 Å². The summed E-state index contributed by atoms with van der Waals surface area (Å²) in [5.41, 5.74) is 4.39. The third-order valence-electron chi connectivity index (χ3n) is 4.95. The summed E-state index contributed by atoms with van der Waals surface area (Å²) in [6, 6.07) is 15.8. The Morgan fingerprint density at radius 1 is 1.00 bits per heavy atom. The fraction of sp³-hybridized carbons (Fsp3) is 0.300. The summed E-state index contributed by atoms with van der Waals surface area (Å²) in [4.78, 5) is 3.43. The van der Waals surface area contributed by atoms with Crippen LogP contribution in [0.2, 0.25) is 0 Å². The molecule has 1 aromatic heterocycles. The normalized spacial score (nSPS) is 14.5. The van der Waals surface area contributed by atoms with E-state index in [1.54, 1.807) is 6.07 Å². The molecule has 0 saturated heterocycles. The molecule has 3 rings (SSSR count). The Labute approximate surface area is 131 Å². The molecule has 22 heavy (non-hydrogen) atoms. The molecule has 1 atom stereocenters. The Balaban J connectivity index is 2.18. The van der Waals surface area contributed by atoms with Crippen molar-refractivity contribution in [1.82, 2.24) is 4.98 Å². The van der Waals surface area contributed by atoms with Crippen molar-refractivity contribution in [2.75, 3.05) is 0 Å². The second-order valence-electron chi connectivity index (χ2n) is 6.64. The Bertz CT molecular complexity index is 798. The van der Waals surface area contributed by atoms with Crippen molar-refractivity contribution in [2.45, 2.75) is 33.1 Å². The van der Waals surface area contributed by atoms with E-state index < -0.39 is 0 Å². The van der Waals surface area contributed by atoms with Crippen LogP contribution in [0, 0.1) is 18.7 Å². The molecule has 1 nitrogen and oxygen atoms in total. The number of halogens is 1. The number of rotatable bonds is 3. The maximum atomic E-state index is 13.4. The lowest BCUT2D eigenvalue weighted by Gasteiger charge is -2.34.